The summed E-state index contributed by atoms with van der Waals surface area (Å²) in [5, 5.41) is 9.22. The van der Waals surface area contributed by atoms with Gasteiger partial charge in [0.1, 0.15) is 29.7 Å². The van der Waals surface area contributed by atoms with Crippen LogP contribution in [0.2, 0.25) is 0 Å². The van der Waals surface area contributed by atoms with E-state index in [0.29, 0.717) is 33.7 Å². The maximum absolute atomic E-state index is 14.8. The van der Waals surface area contributed by atoms with E-state index in [1.54, 1.807) is 30.5 Å². The van der Waals surface area contributed by atoms with E-state index in [9.17, 15) is 18.4 Å². The average Bonchev–Trinajstić information content (AvgIpc) is 3.33. The molecule has 0 atom stereocenters. The number of nitrogens with one attached hydrogen (secondary N) is 2. The van der Waals surface area contributed by atoms with Gasteiger partial charge in [0.05, 0.1) is 42.5 Å². The first-order valence-corrected chi connectivity index (χ1v) is 11.6. The number of methoxy groups -OCH3 is 2. The van der Waals surface area contributed by atoms with Gasteiger partial charge in [-0.15, -0.1) is 0 Å². The minimum Gasteiger partial charge on any atom is -0.493 e. The van der Waals surface area contributed by atoms with Crippen molar-refractivity contribution in [3.05, 3.63) is 78.6 Å². The van der Waals surface area contributed by atoms with Crippen LogP contribution in [0.15, 0.2) is 67.0 Å². The largest absolute Gasteiger partial charge is 0.493 e. The van der Waals surface area contributed by atoms with Crippen LogP contribution in [0.4, 0.5) is 19.3 Å². The van der Waals surface area contributed by atoms with Gasteiger partial charge in [-0.05, 0) is 36.4 Å². The Morgan fingerprint density at radius 1 is 0.923 bits per heavy atom. The number of hydrogen-bond donors (Lipinski definition) is 2. The van der Waals surface area contributed by atoms with Gasteiger partial charge in [0.2, 0.25) is 5.91 Å². The molecular formula is C27H21F2N5O5. The van der Waals surface area contributed by atoms with E-state index in [2.05, 4.69) is 20.7 Å². The zero-order valence-electron chi connectivity index (χ0n) is 20.7. The maximum atomic E-state index is 14.8. The number of rotatable bonds is 7. The fourth-order valence-corrected chi connectivity index (χ4v) is 3.97. The first kappa shape index (κ1) is 25.4. The fraction of sp³-hybridized carbons (Fsp3) is 0.111. The van der Waals surface area contributed by atoms with Gasteiger partial charge in [-0.1, -0.05) is 6.07 Å². The van der Waals surface area contributed by atoms with Crippen molar-refractivity contribution in [3.63, 3.8) is 0 Å². The summed E-state index contributed by atoms with van der Waals surface area (Å²) in [5.41, 5.74) is 0.801. The molecule has 5 rings (SSSR count). The topological polar surface area (TPSA) is 117 Å². The van der Waals surface area contributed by atoms with Gasteiger partial charge < -0.3 is 19.5 Å². The molecule has 0 radical (unpaired) electrons. The normalized spacial score (nSPS) is 10.9. The van der Waals surface area contributed by atoms with Gasteiger partial charge in [0.25, 0.3) is 0 Å². The van der Waals surface area contributed by atoms with Gasteiger partial charge in [-0.2, -0.15) is 5.10 Å². The molecule has 2 N–H and O–H groups in total. The smallest absolute Gasteiger partial charge is 0.326 e. The lowest BCUT2D eigenvalue weighted by atomic mass is 10.2. The second kappa shape index (κ2) is 10.6. The van der Waals surface area contributed by atoms with Crippen LogP contribution >= 0.6 is 0 Å². The standard InChI is InChI=1S/C27H21F2N5O5/c1-37-24-11-16-21(12-25(24)38-2)30-9-8-23(16)39-15-6-7-20(19(29)10-15)32-27(36)33-26(35)14-34-22-5-3-4-18(28)17(22)13-31-34/h3-13H,14H2,1-2H3,(H2,32,33,35,36). The molecule has 12 heteroatoms. The third-order valence-corrected chi connectivity index (χ3v) is 5.80. The van der Waals surface area contributed by atoms with Gasteiger partial charge in [0, 0.05) is 23.7 Å². The van der Waals surface area contributed by atoms with Crippen LogP contribution in [0.3, 0.4) is 0 Å². The molecule has 3 amide bonds. The molecule has 198 valence electrons. The van der Waals surface area contributed by atoms with Crippen LogP contribution in [-0.2, 0) is 11.3 Å². The molecule has 0 aliphatic heterocycles. The van der Waals surface area contributed by atoms with Gasteiger partial charge >= 0.3 is 6.03 Å². The molecule has 0 spiro atoms. The van der Waals surface area contributed by atoms with Gasteiger partial charge in [-0.3, -0.25) is 19.8 Å². The summed E-state index contributed by atoms with van der Waals surface area (Å²) in [7, 11) is 3.02. The molecule has 0 saturated carbocycles. The number of urea groups is 1. The molecule has 0 aliphatic rings. The Balaban J connectivity index is 1.26. The lowest BCUT2D eigenvalue weighted by molar-refractivity contribution is -0.120. The van der Waals surface area contributed by atoms with Crippen molar-refractivity contribution in [1.29, 1.82) is 0 Å². The highest BCUT2D eigenvalue weighted by Crippen LogP contribution is 2.37. The number of anilines is 1. The molecule has 0 bridgehead atoms. The maximum Gasteiger partial charge on any atom is 0.326 e. The van der Waals surface area contributed by atoms with Crippen molar-refractivity contribution in [2.45, 2.75) is 6.54 Å². The number of nitrogens with zero attached hydrogens (tertiary/aromatic N) is 3. The first-order chi connectivity index (χ1) is 18.9. The molecule has 10 nitrogen and oxygen atoms in total. The first-order valence-electron chi connectivity index (χ1n) is 11.6. The second-order valence-electron chi connectivity index (χ2n) is 8.25. The molecule has 0 fully saturated rings. The predicted molar refractivity (Wildman–Crippen MR) is 138 cm³/mol. The Morgan fingerprint density at radius 2 is 1.72 bits per heavy atom. The Labute approximate surface area is 220 Å². The zero-order chi connectivity index (χ0) is 27.5. The van der Waals surface area contributed by atoms with Crippen molar-refractivity contribution < 1.29 is 32.6 Å². The van der Waals surface area contributed by atoms with Crippen LogP contribution in [-0.4, -0.2) is 40.9 Å². The monoisotopic (exact) mass is 533 g/mol. The second-order valence-corrected chi connectivity index (χ2v) is 8.25. The number of hydrogen-bond acceptors (Lipinski definition) is 7. The van der Waals surface area contributed by atoms with Crippen molar-refractivity contribution in [2.75, 3.05) is 19.5 Å². The van der Waals surface area contributed by atoms with Crippen molar-refractivity contribution in [2.24, 2.45) is 0 Å². The van der Waals surface area contributed by atoms with Crippen LogP contribution in [0, 0.1) is 11.6 Å². The van der Waals surface area contributed by atoms with E-state index in [1.165, 1.54) is 49.4 Å². The van der Waals surface area contributed by atoms with E-state index in [0.717, 1.165) is 6.07 Å². The van der Waals surface area contributed by atoms with Crippen molar-refractivity contribution in [1.82, 2.24) is 20.1 Å². The Morgan fingerprint density at radius 3 is 2.49 bits per heavy atom. The Hall–Kier alpha value is -5.26. The van der Waals surface area contributed by atoms with Crippen LogP contribution < -0.4 is 24.8 Å². The fourth-order valence-electron chi connectivity index (χ4n) is 3.97. The van der Waals surface area contributed by atoms with Gasteiger partial charge in [-0.25, -0.2) is 13.6 Å². The lowest BCUT2D eigenvalue weighted by Crippen LogP contribution is -2.36. The predicted octanol–water partition coefficient (Wildman–Crippen LogP) is 5.02. The molecule has 3 aromatic carbocycles. The summed E-state index contributed by atoms with van der Waals surface area (Å²) < 4.78 is 46.4. The lowest BCUT2D eigenvalue weighted by Gasteiger charge is -2.13. The SMILES string of the molecule is COc1cc2nccc(Oc3ccc(NC(=O)NC(=O)Cn4ncc5c(F)cccc54)c(F)c3)c2cc1OC. The number of benzene rings is 3. The number of carbonyl (C=O) groups is 2. The van der Waals surface area contributed by atoms with E-state index in [-0.39, 0.29) is 23.4 Å². The molecule has 2 heterocycles. The number of aromatic nitrogens is 3. The summed E-state index contributed by atoms with van der Waals surface area (Å²) in [4.78, 5) is 28.9. The number of halogens is 2. The van der Waals surface area contributed by atoms with E-state index in [4.69, 9.17) is 14.2 Å². The van der Waals surface area contributed by atoms with Crippen LogP contribution in [0.5, 0.6) is 23.0 Å². The summed E-state index contributed by atoms with van der Waals surface area (Å²) in [6, 6.07) is 12.3. The highest BCUT2D eigenvalue weighted by atomic mass is 19.1. The number of carbonyl (C=O) groups excluding carboxylic acids is 2. The summed E-state index contributed by atoms with van der Waals surface area (Å²) in [6.45, 7) is -0.341. The van der Waals surface area contributed by atoms with E-state index < -0.39 is 23.6 Å². The number of pyridine rings is 1. The number of fused-ring (bicyclic) bond motifs is 2. The van der Waals surface area contributed by atoms with Crippen molar-refractivity contribution in [3.8, 4) is 23.0 Å². The Bertz CT molecular complexity index is 1720. The van der Waals surface area contributed by atoms with Gasteiger partial charge in [0.15, 0.2) is 11.5 Å². The third-order valence-electron chi connectivity index (χ3n) is 5.80. The third kappa shape index (κ3) is 5.25. The summed E-state index contributed by atoms with van der Waals surface area (Å²) >= 11 is 0. The highest BCUT2D eigenvalue weighted by Gasteiger charge is 2.16. The highest BCUT2D eigenvalue weighted by molar-refractivity contribution is 6.01. The van der Waals surface area contributed by atoms with Crippen LogP contribution in [0.25, 0.3) is 21.8 Å². The summed E-state index contributed by atoms with van der Waals surface area (Å²) in [5.74, 6) is -0.455. The number of amides is 3. The molecule has 39 heavy (non-hydrogen) atoms. The zero-order valence-corrected chi connectivity index (χ0v) is 20.7. The molecule has 5 aromatic rings. The molecular weight excluding hydrogens is 512 g/mol. The van der Waals surface area contributed by atoms with E-state index >= 15 is 0 Å². The Kier molecular flexibility index (Phi) is 6.91. The molecule has 0 aliphatic carbocycles. The van der Waals surface area contributed by atoms with E-state index in [1.807, 2.05) is 0 Å². The minimum atomic E-state index is -0.948. The molecule has 0 unspecified atom stereocenters. The van der Waals surface area contributed by atoms with Crippen molar-refractivity contribution >= 4 is 39.4 Å². The molecule has 0 saturated heterocycles. The number of ether oxygens (including phenoxy) is 3. The average molecular weight is 533 g/mol. The number of imide groups is 1. The summed E-state index contributed by atoms with van der Waals surface area (Å²) in [6.07, 6.45) is 2.83. The molecule has 2 aromatic heterocycles. The van der Waals surface area contributed by atoms with Crippen LogP contribution in [0.1, 0.15) is 0 Å². The quantitative estimate of drug-likeness (QED) is 0.302. The minimum absolute atomic E-state index is 0.162.